The van der Waals surface area contributed by atoms with E-state index in [0.29, 0.717) is 6.61 Å². The molecule has 2 nitrogen and oxygen atoms in total. The number of hydrogen-bond acceptors (Lipinski definition) is 2. The zero-order valence-electron chi connectivity index (χ0n) is 16.6. The third-order valence-corrected chi connectivity index (χ3v) is 4.80. The highest BCUT2D eigenvalue weighted by Gasteiger charge is 2.30. The Morgan fingerprint density at radius 3 is 2.57 bits per heavy atom. The second-order valence-electron chi connectivity index (χ2n) is 7.85. The van der Waals surface area contributed by atoms with Gasteiger partial charge in [0.05, 0.1) is 12.7 Å². The molecule has 0 amide bonds. The maximum atomic E-state index is 6.32. The minimum Gasteiger partial charge on any atom is -0.369 e. The molecular formula is C25H26ClNO. The lowest BCUT2D eigenvalue weighted by atomic mass is 9.80. The van der Waals surface area contributed by atoms with Crippen LogP contribution in [0.25, 0.3) is 22.4 Å². The highest BCUT2D eigenvalue weighted by atomic mass is 35.5. The summed E-state index contributed by atoms with van der Waals surface area (Å²) in [5.74, 6) is 0. The van der Waals surface area contributed by atoms with Crippen molar-refractivity contribution in [3.8, 4) is 0 Å². The normalized spacial score (nSPS) is 13.9. The second kappa shape index (κ2) is 9.18. The summed E-state index contributed by atoms with van der Waals surface area (Å²) in [7, 11) is 0. The van der Waals surface area contributed by atoms with E-state index in [9.17, 15) is 0 Å². The van der Waals surface area contributed by atoms with E-state index in [2.05, 4.69) is 80.4 Å². The van der Waals surface area contributed by atoms with Gasteiger partial charge in [-0.3, -0.25) is 4.98 Å². The van der Waals surface area contributed by atoms with E-state index in [-0.39, 0.29) is 11.5 Å². The van der Waals surface area contributed by atoms with Gasteiger partial charge < -0.3 is 4.74 Å². The molecule has 3 rings (SSSR count). The van der Waals surface area contributed by atoms with Crippen LogP contribution in [0.5, 0.6) is 0 Å². The quantitative estimate of drug-likeness (QED) is 0.453. The van der Waals surface area contributed by atoms with E-state index in [1.54, 1.807) is 6.20 Å². The third-order valence-electron chi connectivity index (χ3n) is 4.62. The van der Waals surface area contributed by atoms with Crippen LogP contribution in [0.1, 0.15) is 31.9 Å². The Morgan fingerprint density at radius 1 is 1.07 bits per heavy atom. The molecule has 1 heterocycles. The van der Waals surface area contributed by atoms with E-state index < -0.39 is 0 Å². The first kappa shape index (κ1) is 20.3. The number of benzene rings is 2. The Bertz CT molecular complexity index is 965. The summed E-state index contributed by atoms with van der Waals surface area (Å²) in [5, 5.41) is 2.43. The number of nitrogens with zero attached hydrogens (tertiary/aromatic N) is 1. The van der Waals surface area contributed by atoms with Crippen molar-refractivity contribution in [2.24, 2.45) is 5.41 Å². The standard InChI is InChI=1S/C25H26ClNO/c1-25(2,3)24(28-16-8-14-26)23(17-19-9-7-15-27-18-19)22-13-6-11-20-10-4-5-12-21(20)22/h4-15,17-18,24H,16H2,1-3H3. The van der Waals surface area contributed by atoms with E-state index in [1.165, 1.54) is 21.9 Å². The van der Waals surface area contributed by atoms with Crippen LogP contribution < -0.4 is 0 Å². The van der Waals surface area contributed by atoms with E-state index in [4.69, 9.17) is 16.3 Å². The van der Waals surface area contributed by atoms with Gasteiger partial charge in [0.15, 0.2) is 0 Å². The summed E-state index contributed by atoms with van der Waals surface area (Å²) in [6, 6.07) is 18.9. The Hall–Kier alpha value is -2.42. The monoisotopic (exact) mass is 391 g/mol. The van der Waals surface area contributed by atoms with E-state index in [1.807, 2.05) is 18.3 Å². The molecule has 0 saturated carbocycles. The minimum atomic E-state index is -0.119. The lowest BCUT2D eigenvalue weighted by Crippen LogP contribution is -2.31. The summed E-state index contributed by atoms with van der Waals surface area (Å²) >= 11 is 5.72. The Morgan fingerprint density at radius 2 is 1.86 bits per heavy atom. The largest absolute Gasteiger partial charge is 0.369 e. The van der Waals surface area contributed by atoms with Crippen molar-refractivity contribution in [1.29, 1.82) is 0 Å². The maximum Gasteiger partial charge on any atom is 0.0883 e. The summed E-state index contributed by atoms with van der Waals surface area (Å²) < 4.78 is 6.32. The zero-order chi connectivity index (χ0) is 20.0. The highest BCUT2D eigenvalue weighted by molar-refractivity contribution is 6.25. The molecule has 144 valence electrons. The highest BCUT2D eigenvalue weighted by Crippen LogP contribution is 2.38. The topological polar surface area (TPSA) is 22.1 Å². The van der Waals surface area contributed by atoms with Gasteiger partial charge in [0, 0.05) is 17.9 Å². The first-order valence-corrected chi connectivity index (χ1v) is 9.91. The fourth-order valence-electron chi connectivity index (χ4n) is 3.41. The average molecular weight is 392 g/mol. The summed E-state index contributed by atoms with van der Waals surface area (Å²) in [5.41, 5.74) is 4.76. The Labute approximate surface area is 172 Å². The molecule has 0 radical (unpaired) electrons. The van der Waals surface area contributed by atoms with Crippen LogP contribution in [0, 0.1) is 5.41 Å². The molecule has 0 aliphatic rings. The molecule has 28 heavy (non-hydrogen) atoms. The molecule has 0 aliphatic heterocycles. The third kappa shape index (κ3) is 4.89. The Balaban J connectivity index is 2.20. The van der Waals surface area contributed by atoms with Crippen LogP contribution in [0.3, 0.4) is 0 Å². The van der Waals surface area contributed by atoms with Gasteiger partial charge in [-0.1, -0.05) is 80.9 Å². The van der Waals surface area contributed by atoms with Gasteiger partial charge in [0.2, 0.25) is 0 Å². The molecule has 1 aromatic heterocycles. The van der Waals surface area contributed by atoms with E-state index >= 15 is 0 Å². The lowest BCUT2D eigenvalue weighted by Gasteiger charge is -2.33. The van der Waals surface area contributed by atoms with Crippen LogP contribution >= 0.6 is 11.6 Å². The van der Waals surface area contributed by atoms with Gasteiger partial charge in [-0.15, -0.1) is 0 Å². The number of halogens is 1. The van der Waals surface area contributed by atoms with Crippen molar-refractivity contribution < 1.29 is 4.74 Å². The number of aromatic nitrogens is 1. The molecular weight excluding hydrogens is 366 g/mol. The van der Waals surface area contributed by atoms with Crippen LogP contribution in [0.4, 0.5) is 0 Å². The molecule has 3 heteroatoms. The van der Waals surface area contributed by atoms with Crippen LogP contribution in [-0.2, 0) is 4.74 Å². The van der Waals surface area contributed by atoms with Crippen LogP contribution in [0.15, 0.2) is 78.6 Å². The van der Waals surface area contributed by atoms with Gasteiger partial charge >= 0.3 is 0 Å². The molecule has 2 aromatic carbocycles. The van der Waals surface area contributed by atoms with Crippen molar-refractivity contribution >= 4 is 34.0 Å². The predicted octanol–water partition coefficient (Wildman–Crippen LogP) is 6.96. The van der Waals surface area contributed by atoms with Crippen LogP contribution in [0.2, 0.25) is 0 Å². The van der Waals surface area contributed by atoms with Gasteiger partial charge in [0.25, 0.3) is 0 Å². The number of fused-ring (bicyclic) bond motifs is 1. The summed E-state index contributed by atoms with van der Waals surface area (Å²) in [4.78, 5) is 4.28. The van der Waals surface area contributed by atoms with Crippen molar-refractivity contribution in [3.05, 3.63) is 89.7 Å². The lowest BCUT2D eigenvalue weighted by molar-refractivity contribution is 0.0392. The average Bonchev–Trinajstić information content (AvgIpc) is 2.69. The summed E-state index contributed by atoms with van der Waals surface area (Å²) in [6.45, 7) is 7.06. The molecule has 3 aromatic rings. The minimum absolute atomic E-state index is 0.106. The number of rotatable bonds is 6. The smallest absolute Gasteiger partial charge is 0.0883 e. The molecule has 0 bridgehead atoms. The Kier molecular flexibility index (Phi) is 6.66. The molecule has 1 unspecified atom stereocenters. The van der Waals surface area contributed by atoms with Crippen molar-refractivity contribution in [2.45, 2.75) is 26.9 Å². The first-order chi connectivity index (χ1) is 13.5. The molecule has 0 spiro atoms. The van der Waals surface area contributed by atoms with Crippen molar-refractivity contribution in [2.75, 3.05) is 6.61 Å². The maximum absolute atomic E-state index is 6.32. The molecule has 1 atom stereocenters. The predicted molar refractivity (Wildman–Crippen MR) is 120 cm³/mol. The van der Waals surface area contributed by atoms with Gasteiger partial charge in [-0.05, 0) is 51.1 Å². The van der Waals surface area contributed by atoms with E-state index in [0.717, 1.165) is 11.1 Å². The number of pyridine rings is 1. The molecule has 0 aliphatic carbocycles. The van der Waals surface area contributed by atoms with Gasteiger partial charge in [0.1, 0.15) is 0 Å². The fourth-order valence-corrected chi connectivity index (χ4v) is 3.48. The molecule has 0 fully saturated rings. The zero-order valence-corrected chi connectivity index (χ0v) is 17.4. The SMILES string of the molecule is CC(C)(C)C(OCC=CCl)C(=Cc1cccnc1)c1cccc2ccccc12. The van der Waals surface area contributed by atoms with Crippen LogP contribution in [-0.4, -0.2) is 17.7 Å². The van der Waals surface area contributed by atoms with Gasteiger partial charge in [-0.25, -0.2) is 0 Å². The molecule has 0 N–H and O–H groups in total. The summed E-state index contributed by atoms with van der Waals surface area (Å²) in [6.07, 6.45) is 7.56. The second-order valence-corrected chi connectivity index (χ2v) is 8.11. The fraction of sp³-hybridized carbons (Fsp3) is 0.240. The van der Waals surface area contributed by atoms with Gasteiger partial charge in [-0.2, -0.15) is 0 Å². The van der Waals surface area contributed by atoms with Crippen molar-refractivity contribution in [3.63, 3.8) is 0 Å². The molecule has 0 saturated heterocycles. The number of ether oxygens (including phenoxy) is 1. The van der Waals surface area contributed by atoms with Crippen molar-refractivity contribution in [1.82, 2.24) is 4.98 Å². The first-order valence-electron chi connectivity index (χ1n) is 9.47. The number of hydrogen-bond donors (Lipinski definition) is 0.